The lowest BCUT2D eigenvalue weighted by Gasteiger charge is -2.43. The molecule has 1 saturated heterocycles. The van der Waals surface area contributed by atoms with E-state index in [1.165, 1.54) is 0 Å². The predicted octanol–water partition coefficient (Wildman–Crippen LogP) is 4.86. The molecule has 6 nitrogen and oxygen atoms in total. The molecule has 4 rings (SSSR count). The van der Waals surface area contributed by atoms with E-state index in [1.807, 2.05) is 90.0 Å². The Morgan fingerprint density at radius 1 is 1.00 bits per heavy atom. The summed E-state index contributed by atoms with van der Waals surface area (Å²) in [5.74, 6) is -0.145. The molecule has 1 aliphatic heterocycles. The van der Waals surface area contributed by atoms with Crippen molar-refractivity contribution >= 4 is 17.7 Å². The number of benzene rings is 3. The van der Waals surface area contributed by atoms with Gasteiger partial charge in [-0.1, -0.05) is 78.9 Å². The summed E-state index contributed by atoms with van der Waals surface area (Å²) < 4.78 is 0. The van der Waals surface area contributed by atoms with E-state index in [1.54, 1.807) is 23.9 Å². The highest BCUT2D eigenvalue weighted by atomic mass is 32.2. The average Bonchev–Trinajstić information content (AvgIpc) is 2.89. The first-order valence-corrected chi connectivity index (χ1v) is 12.7. The van der Waals surface area contributed by atoms with Gasteiger partial charge in [0.2, 0.25) is 0 Å². The van der Waals surface area contributed by atoms with Gasteiger partial charge in [-0.3, -0.25) is 14.9 Å². The molecule has 34 heavy (non-hydrogen) atoms. The minimum Gasteiger partial charge on any atom is -0.352 e. The quantitative estimate of drug-likeness (QED) is 0.372. The van der Waals surface area contributed by atoms with Crippen LogP contribution in [-0.2, 0) is 0 Å². The molecule has 1 fully saturated rings. The SMILES string of the molecule is CSC1CN(C(c2ccccc2)c2ccccc2)C([N+](=O)[O-])CC1CNC(=O)c1ccccc1. The topological polar surface area (TPSA) is 75.5 Å². The Morgan fingerprint density at radius 2 is 1.53 bits per heavy atom. The molecule has 1 N–H and O–H groups in total. The van der Waals surface area contributed by atoms with E-state index < -0.39 is 6.17 Å². The van der Waals surface area contributed by atoms with Crippen LogP contribution in [0.15, 0.2) is 91.0 Å². The summed E-state index contributed by atoms with van der Waals surface area (Å²) in [5.41, 5.74) is 2.67. The average molecular weight is 476 g/mol. The third kappa shape index (κ3) is 5.48. The molecule has 0 saturated carbocycles. The van der Waals surface area contributed by atoms with Crippen molar-refractivity contribution in [2.45, 2.75) is 23.9 Å². The van der Waals surface area contributed by atoms with E-state index in [2.05, 4.69) is 5.32 Å². The lowest BCUT2D eigenvalue weighted by Crippen LogP contribution is -2.55. The molecule has 3 unspecified atom stereocenters. The van der Waals surface area contributed by atoms with Crippen molar-refractivity contribution in [3.8, 4) is 0 Å². The van der Waals surface area contributed by atoms with Gasteiger partial charge >= 0.3 is 0 Å². The van der Waals surface area contributed by atoms with Crippen molar-refractivity contribution in [3.05, 3.63) is 118 Å². The Morgan fingerprint density at radius 3 is 2.03 bits per heavy atom. The minimum atomic E-state index is -0.840. The zero-order valence-electron chi connectivity index (χ0n) is 19.1. The third-order valence-corrected chi connectivity index (χ3v) is 7.62. The van der Waals surface area contributed by atoms with Gasteiger partial charge in [0, 0.05) is 35.2 Å². The second-order valence-corrected chi connectivity index (χ2v) is 9.61. The maximum absolute atomic E-state index is 12.6. The molecular formula is C27H29N3O3S. The summed E-state index contributed by atoms with van der Waals surface area (Å²) in [4.78, 5) is 26.7. The van der Waals surface area contributed by atoms with Crippen LogP contribution in [0.2, 0.25) is 0 Å². The molecule has 0 aromatic heterocycles. The van der Waals surface area contributed by atoms with Gasteiger partial charge < -0.3 is 5.32 Å². The van der Waals surface area contributed by atoms with Crippen molar-refractivity contribution in [2.75, 3.05) is 19.3 Å². The van der Waals surface area contributed by atoms with E-state index in [4.69, 9.17) is 0 Å². The number of piperidine rings is 1. The summed E-state index contributed by atoms with van der Waals surface area (Å²) in [6.07, 6.45) is 1.58. The van der Waals surface area contributed by atoms with Crippen LogP contribution in [0.25, 0.3) is 0 Å². The number of nitro groups is 1. The zero-order chi connectivity index (χ0) is 23.9. The van der Waals surface area contributed by atoms with Crippen LogP contribution in [0.5, 0.6) is 0 Å². The van der Waals surface area contributed by atoms with Crippen LogP contribution in [0.4, 0.5) is 0 Å². The predicted molar refractivity (Wildman–Crippen MR) is 136 cm³/mol. The molecule has 0 spiro atoms. The number of rotatable bonds is 8. The van der Waals surface area contributed by atoms with Crippen molar-refractivity contribution in [1.82, 2.24) is 10.2 Å². The second kappa shape index (κ2) is 11.3. The molecule has 1 heterocycles. The highest BCUT2D eigenvalue weighted by Gasteiger charge is 2.45. The number of carbonyl (C=O) groups excluding carboxylic acids is 1. The molecule has 3 aromatic rings. The first-order chi connectivity index (χ1) is 16.6. The number of amides is 1. The molecular weight excluding hydrogens is 446 g/mol. The standard InChI is InChI=1S/C27H29N3O3S/c1-34-24-19-29(26(20-11-5-2-6-12-20)21-13-7-3-8-14-21)25(30(32)33)17-23(24)18-28-27(31)22-15-9-4-10-16-22/h2-16,23-26H,17-19H2,1H3,(H,28,31). The number of thioether (sulfide) groups is 1. The summed E-state index contributed by atoms with van der Waals surface area (Å²) in [5, 5.41) is 15.5. The van der Waals surface area contributed by atoms with Crippen LogP contribution in [0, 0.1) is 16.0 Å². The number of hydrogen-bond donors (Lipinski definition) is 1. The Labute approximate surface area is 204 Å². The van der Waals surface area contributed by atoms with Crippen molar-refractivity contribution in [1.29, 1.82) is 0 Å². The first kappa shape index (κ1) is 24.0. The summed E-state index contributed by atoms with van der Waals surface area (Å²) in [6.45, 7) is 0.978. The fourth-order valence-corrected chi connectivity index (χ4v) is 5.68. The largest absolute Gasteiger partial charge is 0.352 e. The molecule has 1 aliphatic rings. The van der Waals surface area contributed by atoms with Crippen molar-refractivity contribution < 1.29 is 9.72 Å². The normalized spacial score (nSPS) is 20.7. The number of hydrogen-bond acceptors (Lipinski definition) is 5. The molecule has 1 amide bonds. The maximum Gasteiger partial charge on any atom is 0.269 e. The highest BCUT2D eigenvalue weighted by molar-refractivity contribution is 7.99. The van der Waals surface area contributed by atoms with Gasteiger partial charge in [0.25, 0.3) is 12.1 Å². The monoisotopic (exact) mass is 475 g/mol. The molecule has 176 valence electrons. The third-order valence-electron chi connectivity index (χ3n) is 6.48. The van der Waals surface area contributed by atoms with Crippen LogP contribution in [0.1, 0.15) is 33.9 Å². The van der Waals surface area contributed by atoms with Gasteiger partial charge in [-0.25, -0.2) is 4.90 Å². The van der Waals surface area contributed by atoms with Gasteiger partial charge in [0.15, 0.2) is 0 Å². The molecule has 7 heteroatoms. The van der Waals surface area contributed by atoms with Crippen molar-refractivity contribution in [3.63, 3.8) is 0 Å². The number of nitrogens with zero attached hydrogens (tertiary/aromatic N) is 2. The van der Waals surface area contributed by atoms with Gasteiger partial charge in [-0.15, -0.1) is 0 Å². The van der Waals surface area contributed by atoms with E-state index in [9.17, 15) is 14.9 Å². The summed E-state index contributed by atoms with van der Waals surface area (Å²) in [6, 6.07) is 28.8. The van der Waals surface area contributed by atoms with Gasteiger partial charge in [0.05, 0.1) is 6.04 Å². The van der Waals surface area contributed by atoms with Gasteiger partial charge in [0.1, 0.15) is 0 Å². The Bertz CT molecular complexity index is 1040. The fraction of sp³-hybridized carbons (Fsp3) is 0.296. The lowest BCUT2D eigenvalue weighted by molar-refractivity contribution is -0.558. The van der Waals surface area contributed by atoms with E-state index in [0.29, 0.717) is 25.1 Å². The molecule has 0 aliphatic carbocycles. The Kier molecular flexibility index (Phi) is 7.98. The van der Waals surface area contributed by atoms with E-state index >= 15 is 0 Å². The molecule has 0 radical (unpaired) electrons. The van der Waals surface area contributed by atoms with Crippen molar-refractivity contribution in [2.24, 2.45) is 5.92 Å². The Hall–Kier alpha value is -3.16. The molecule has 3 aromatic carbocycles. The van der Waals surface area contributed by atoms with Gasteiger partial charge in [-0.2, -0.15) is 11.8 Å². The van der Waals surface area contributed by atoms with Crippen LogP contribution >= 0.6 is 11.8 Å². The maximum atomic E-state index is 12.6. The smallest absolute Gasteiger partial charge is 0.269 e. The second-order valence-electron chi connectivity index (χ2n) is 8.53. The van der Waals surface area contributed by atoms with E-state index in [-0.39, 0.29) is 28.0 Å². The first-order valence-electron chi connectivity index (χ1n) is 11.4. The van der Waals surface area contributed by atoms with Crippen LogP contribution < -0.4 is 5.32 Å². The number of likely N-dealkylation sites (tertiary alicyclic amines) is 1. The number of nitrogens with one attached hydrogen (secondary N) is 1. The summed E-state index contributed by atoms with van der Waals surface area (Å²) in [7, 11) is 0. The van der Waals surface area contributed by atoms with Crippen LogP contribution in [0.3, 0.4) is 0 Å². The summed E-state index contributed by atoms with van der Waals surface area (Å²) >= 11 is 1.71. The van der Waals surface area contributed by atoms with Crippen LogP contribution in [-0.4, -0.2) is 46.5 Å². The van der Waals surface area contributed by atoms with Gasteiger partial charge in [-0.05, 0) is 35.4 Å². The molecule has 0 bridgehead atoms. The lowest BCUT2D eigenvalue weighted by atomic mass is 9.89. The minimum absolute atomic E-state index is 0.00140. The Balaban J connectivity index is 1.59. The highest BCUT2D eigenvalue weighted by Crippen LogP contribution is 2.38. The zero-order valence-corrected chi connectivity index (χ0v) is 19.9. The number of carbonyl (C=O) groups is 1. The molecule has 3 atom stereocenters. The van der Waals surface area contributed by atoms with E-state index in [0.717, 1.165) is 11.1 Å². The fourth-order valence-electron chi connectivity index (χ4n) is 4.76.